The fourth-order valence-corrected chi connectivity index (χ4v) is 4.06. The molecule has 1 fully saturated rings. The Morgan fingerprint density at radius 2 is 1.63 bits per heavy atom. The summed E-state index contributed by atoms with van der Waals surface area (Å²) in [6, 6.07) is 11.0. The van der Waals surface area contributed by atoms with E-state index in [1.165, 1.54) is 4.90 Å². The van der Waals surface area contributed by atoms with Gasteiger partial charge in [-0.2, -0.15) is 0 Å². The largest absolute Gasteiger partial charge is 0.333 e. The molecule has 3 amide bonds. The van der Waals surface area contributed by atoms with Gasteiger partial charge in [0.2, 0.25) is 0 Å². The number of nitrogens with zero attached hydrogens (tertiary/aromatic N) is 2. The SMILES string of the molecule is Cc1ccc(C)c(N2C(=O)c3ccc(C(=O)N(C4CC4)C(C)C(C)C)cc3C2=O)c1. The van der Waals surface area contributed by atoms with Crippen LogP contribution in [0.2, 0.25) is 0 Å². The molecule has 0 saturated heterocycles. The number of fused-ring (bicyclic) bond motifs is 1. The molecule has 5 heteroatoms. The summed E-state index contributed by atoms with van der Waals surface area (Å²) in [5.74, 6) is -0.426. The van der Waals surface area contributed by atoms with Gasteiger partial charge in [0.1, 0.15) is 0 Å². The van der Waals surface area contributed by atoms with E-state index in [1.807, 2.05) is 36.9 Å². The van der Waals surface area contributed by atoms with Gasteiger partial charge in [0.15, 0.2) is 0 Å². The highest BCUT2D eigenvalue weighted by atomic mass is 16.2. The van der Waals surface area contributed by atoms with E-state index in [-0.39, 0.29) is 29.8 Å². The summed E-state index contributed by atoms with van der Waals surface area (Å²) >= 11 is 0. The lowest BCUT2D eigenvalue weighted by Gasteiger charge is -2.32. The summed E-state index contributed by atoms with van der Waals surface area (Å²) < 4.78 is 0. The number of amides is 3. The highest BCUT2D eigenvalue weighted by molar-refractivity contribution is 6.35. The topological polar surface area (TPSA) is 57.7 Å². The van der Waals surface area contributed by atoms with E-state index >= 15 is 0 Å². The van der Waals surface area contributed by atoms with Crippen molar-refractivity contribution in [2.24, 2.45) is 5.92 Å². The van der Waals surface area contributed by atoms with Gasteiger partial charge in [-0.25, -0.2) is 4.90 Å². The Morgan fingerprint density at radius 3 is 2.27 bits per heavy atom. The molecule has 2 aromatic rings. The zero-order valence-electron chi connectivity index (χ0n) is 18.2. The van der Waals surface area contributed by atoms with Crippen LogP contribution in [-0.2, 0) is 0 Å². The van der Waals surface area contributed by atoms with Crippen molar-refractivity contribution in [3.05, 3.63) is 64.2 Å². The van der Waals surface area contributed by atoms with Crippen molar-refractivity contribution in [3.63, 3.8) is 0 Å². The van der Waals surface area contributed by atoms with Crippen LogP contribution in [0, 0.1) is 19.8 Å². The van der Waals surface area contributed by atoms with Gasteiger partial charge < -0.3 is 4.90 Å². The lowest BCUT2D eigenvalue weighted by Crippen LogP contribution is -2.43. The number of hydrogen-bond acceptors (Lipinski definition) is 3. The van der Waals surface area contributed by atoms with Gasteiger partial charge in [-0.3, -0.25) is 14.4 Å². The zero-order chi connectivity index (χ0) is 21.7. The predicted molar refractivity (Wildman–Crippen MR) is 117 cm³/mol. The molecule has 156 valence electrons. The Labute approximate surface area is 177 Å². The van der Waals surface area contributed by atoms with E-state index in [0.717, 1.165) is 24.0 Å². The Kier molecular flexibility index (Phi) is 5.00. The molecule has 1 aliphatic heterocycles. The van der Waals surface area contributed by atoms with Crippen LogP contribution in [0.25, 0.3) is 0 Å². The smallest absolute Gasteiger partial charge is 0.266 e. The third-order valence-electron chi connectivity index (χ3n) is 6.32. The summed E-state index contributed by atoms with van der Waals surface area (Å²) in [7, 11) is 0. The van der Waals surface area contributed by atoms with E-state index in [1.54, 1.807) is 18.2 Å². The molecule has 5 nitrogen and oxygen atoms in total. The molecule has 0 N–H and O–H groups in total. The molecule has 4 rings (SSSR count). The number of imide groups is 1. The standard InChI is InChI=1S/C25H28N2O3/c1-14(2)17(5)26(19-9-10-19)23(28)18-8-11-20-21(13-18)25(30)27(24(20)29)22-12-15(3)6-7-16(22)4/h6-8,11-14,17,19H,9-10H2,1-5H3. The first-order valence-corrected chi connectivity index (χ1v) is 10.6. The lowest BCUT2D eigenvalue weighted by molar-refractivity contribution is 0.0627. The van der Waals surface area contributed by atoms with Gasteiger partial charge >= 0.3 is 0 Å². The molecule has 30 heavy (non-hydrogen) atoms. The maximum absolute atomic E-state index is 13.3. The molecule has 0 bridgehead atoms. The maximum Gasteiger partial charge on any atom is 0.266 e. The minimum Gasteiger partial charge on any atom is -0.333 e. The lowest BCUT2D eigenvalue weighted by atomic mass is 10.0. The normalized spacial score (nSPS) is 16.8. The van der Waals surface area contributed by atoms with E-state index < -0.39 is 0 Å². The molecule has 1 atom stereocenters. The van der Waals surface area contributed by atoms with E-state index in [9.17, 15) is 14.4 Å². The minimum absolute atomic E-state index is 0.0630. The molecular formula is C25H28N2O3. The van der Waals surface area contributed by atoms with Gasteiger partial charge in [0.25, 0.3) is 17.7 Å². The summed E-state index contributed by atoms with van der Waals surface area (Å²) in [5, 5.41) is 0. The van der Waals surface area contributed by atoms with E-state index in [0.29, 0.717) is 28.3 Å². The van der Waals surface area contributed by atoms with Crippen molar-refractivity contribution >= 4 is 23.4 Å². The van der Waals surface area contributed by atoms with Crippen molar-refractivity contribution < 1.29 is 14.4 Å². The second-order valence-corrected chi connectivity index (χ2v) is 8.92. The van der Waals surface area contributed by atoms with Crippen LogP contribution in [0.5, 0.6) is 0 Å². The minimum atomic E-state index is -0.367. The number of hydrogen-bond donors (Lipinski definition) is 0. The monoisotopic (exact) mass is 404 g/mol. The van der Waals surface area contributed by atoms with Gasteiger partial charge in [-0.15, -0.1) is 0 Å². The van der Waals surface area contributed by atoms with Crippen molar-refractivity contribution in [1.82, 2.24) is 4.90 Å². The fraction of sp³-hybridized carbons (Fsp3) is 0.400. The Morgan fingerprint density at radius 1 is 0.967 bits per heavy atom. The Hall–Kier alpha value is -2.95. The third kappa shape index (κ3) is 3.32. The van der Waals surface area contributed by atoms with Crippen molar-refractivity contribution in [1.29, 1.82) is 0 Å². The second-order valence-electron chi connectivity index (χ2n) is 8.92. The van der Waals surface area contributed by atoms with Crippen LogP contribution >= 0.6 is 0 Å². The molecule has 1 heterocycles. The average molecular weight is 405 g/mol. The maximum atomic E-state index is 13.3. The van der Waals surface area contributed by atoms with Crippen LogP contribution in [0.15, 0.2) is 36.4 Å². The summed E-state index contributed by atoms with van der Waals surface area (Å²) in [4.78, 5) is 42.7. The van der Waals surface area contributed by atoms with Gasteiger partial charge in [-0.05, 0) is 74.9 Å². The third-order valence-corrected chi connectivity index (χ3v) is 6.32. The molecule has 2 aromatic carbocycles. The van der Waals surface area contributed by atoms with Gasteiger partial charge in [0.05, 0.1) is 16.8 Å². The number of aryl methyl sites for hydroxylation is 2. The summed E-state index contributed by atoms with van der Waals surface area (Å²) in [6.45, 7) is 10.1. The van der Waals surface area contributed by atoms with Crippen LogP contribution < -0.4 is 4.90 Å². The van der Waals surface area contributed by atoms with E-state index in [2.05, 4.69) is 20.8 Å². The van der Waals surface area contributed by atoms with Crippen molar-refractivity contribution in [3.8, 4) is 0 Å². The van der Waals surface area contributed by atoms with Crippen LogP contribution in [-0.4, -0.2) is 34.7 Å². The van der Waals surface area contributed by atoms with Crippen LogP contribution in [0.4, 0.5) is 5.69 Å². The second kappa shape index (κ2) is 7.38. The molecule has 0 radical (unpaired) electrons. The molecule has 1 saturated carbocycles. The van der Waals surface area contributed by atoms with Gasteiger partial charge in [-0.1, -0.05) is 26.0 Å². The predicted octanol–water partition coefficient (Wildman–Crippen LogP) is 4.75. The average Bonchev–Trinajstić information content (AvgIpc) is 3.51. The molecule has 1 unspecified atom stereocenters. The first-order valence-electron chi connectivity index (χ1n) is 10.6. The molecule has 0 spiro atoms. The van der Waals surface area contributed by atoms with Crippen LogP contribution in [0.1, 0.15) is 75.8 Å². The quantitative estimate of drug-likeness (QED) is 0.676. The number of carbonyl (C=O) groups excluding carboxylic acids is 3. The molecule has 2 aliphatic rings. The summed E-state index contributed by atoms with van der Waals surface area (Å²) in [6.07, 6.45) is 2.04. The Balaban J connectivity index is 1.70. The zero-order valence-corrected chi connectivity index (χ0v) is 18.2. The number of anilines is 1. The number of rotatable bonds is 5. The summed E-state index contributed by atoms with van der Waals surface area (Å²) in [5.41, 5.74) is 3.56. The van der Waals surface area contributed by atoms with Crippen LogP contribution in [0.3, 0.4) is 0 Å². The van der Waals surface area contributed by atoms with Gasteiger partial charge in [0, 0.05) is 17.6 Å². The number of benzene rings is 2. The molecular weight excluding hydrogens is 376 g/mol. The first kappa shape index (κ1) is 20.3. The highest BCUT2D eigenvalue weighted by Gasteiger charge is 2.40. The number of carbonyl (C=O) groups is 3. The first-order chi connectivity index (χ1) is 14.2. The fourth-order valence-electron chi connectivity index (χ4n) is 4.06. The van der Waals surface area contributed by atoms with Crippen molar-refractivity contribution in [2.75, 3.05) is 4.90 Å². The highest BCUT2D eigenvalue weighted by Crippen LogP contribution is 2.34. The van der Waals surface area contributed by atoms with Crippen molar-refractivity contribution in [2.45, 2.75) is 59.5 Å². The molecule has 1 aliphatic carbocycles. The Bertz CT molecular complexity index is 1050. The molecule has 0 aromatic heterocycles. The van der Waals surface area contributed by atoms with E-state index in [4.69, 9.17) is 0 Å².